The lowest BCUT2D eigenvalue weighted by molar-refractivity contribution is -0.0219. The minimum Gasteiger partial charge on any atom is -0.385 e. The fourth-order valence-corrected chi connectivity index (χ4v) is 3.70. The van der Waals surface area contributed by atoms with E-state index in [9.17, 15) is 5.11 Å². The van der Waals surface area contributed by atoms with Gasteiger partial charge in [-0.3, -0.25) is 0 Å². The number of aryl methyl sites for hydroxylation is 1. The number of fused-ring (bicyclic) bond motifs is 1. The molecule has 3 rings (SSSR count). The van der Waals surface area contributed by atoms with Crippen molar-refractivity contribution in [3.05, 3.63) is 35.4 Å². The first-order chi connectivity index (χ1) is 9.28. The summed E-state index contributed by atoms with van der Waals surface area (Å²) >= 11 is 0. The fraction of sp³-hybridized carbons (Fsp3) is 0.647. The van der Waals surface area contributed by atoms with E-state index in [0.717, 1.165) is 51.7 Å². The molecule has 104 valence electrons. The number of ether oxygens (including phenoxy) is 1. The van der Waals surface area contributed by atoms with Gasteiger partial charge in [0.1, 0.15) is 0 Å². The van der Waals surface area contributed by atoms with Gasteiger partial charge in [-0.25, -0.2) is 0 Å². The Labute approximate surface area is 115 Å². The van der Waals surface area contributed by atoms with Crippen molar-refractivity contribution >= 4 is 0 Å². The third-order valence-electron chi connectivity index (χ3n) is 4.77. The van der Waals surface area contributed by atoms with E-state index in [1.54, 1.807) is 0 Å². The van der Waals surface area contributed by atoms with Gasteiger partial charge in [0, 0.05) is 13.2 Å². The predicted molar refractivity (Wildman–Crippen MR) is 76.1 cm³/mol. The van der Waals surface area contributed by atoms with E-state index in [0.29, 0.717) is 5.92 Å². The molecule has 19 heavy (non-hydrogen) atoms. The largest absolute Gasteiger partial charge is 0.385 e. The van der Waals surface area contributed by atoms with Gasteiger partial charge >= 0.3 is 0 Å². The SMILES string of the molecule is OC1(CC2CCOCC2)CCCCc2ccccc21. The van der Waals surface area contributed by atoms with Crippen molar-refractivity contribution in [2.45, 2.75) is 50.5 Å². The molecule has 1 saturated heterocycles. The van der Waals surface area contributed by atoms with E-state index in [1.165, 1.54) is 17.5 Å². The highest BCUT2D eigenvalue weighted by Crippen LogP contribution is 2.40. The Hall–Kier alpha value is -0.860. The molecule has 1 unspecified atom stereocenters. The molecule has 2 aliphatic rings. The Morgan fingerprint density at radius 1 is 1.16 bits per heavy atom. The molecular formula is C17H24O2. The van der Waals surface area contributed by atoms with Crippen molar-refractivity contribution in [2.24, 2.45) is 5.92 Å². The molecule has 1 aliphatic carbocycles. The molecule has 0 aromatic heterocycles. The van der Waals surface area contributed by atoms with Crippen molar-refractivity contribution in [3.8, 4) is 0 Å². The summed E-state index contributed by atoms with van der Waals surface area (Å²) in [5.41, 5.74) is 1.95. The van der Waals surface area contributed by atoms with Crippen molar-refractivity contribution < 1.29 is 9.84 Å². The summed E-state index contributed by atoms with van der Waals surface area (Å²) in [5, 5.41) is 11.2. The van der Waals surface area contributed by atoms with Crippen LogP contribution in [0.2, 0.25) is 0 Å². The molecule has 1 aromatic carbocycles. The number of hydrogen-bond acceptors (Lipinski definition) is 2. The van der Waals surface area contributed by atoms with Gasteiger partial charge in [0.05, 0.1) is 5.60 Å². The van der Waals surface area contributed by atoms with Gasteiger partial charge in [-0.2, -0.15) is 0 Å². The first-order valence-corrected chi connectivity index (χ1v) is 7.66. The van der Waals surface area contributed by atoms with E-state index < -0.39 is 5.60 Å². The van der Waals surface area contributed by atoms with Gasteiger partial charge in [0.15, 0.2) is 0 Å². The average Bonchev–Trinajstić information content (AvgIpc) is 2.60. The zero-order valence-electron chi connectivity index (χ0n) is 11.6. The summed E-state index contributed by atoms with van der Waals surface area (Å²) in [7, 11) is 0. The lowest BCUT2D eigenvalue weighted by Crippen LogP contribution is -2.31. The molecule has 0 bridgehead atoms. The van der Waals surface area contributed by atoms with Gasteiger partial charge in [-0.1, -0.05) is 24.3 Å². The fourth-order valence-electron chi connectivity index (χ4n) is 3.70. The van der Waals surface area contributed by atoms with Crippen LogP contribution in [0.25, 0.3) is 0 Å². The second-order valence-corrected chi connectivity index (χ2v) is 6.16. The van der Waals surface area contributed by atoms with E-state index in [2.05, 4.69) is 24.3 Å². The van der Waals surface area contributed by atoms with Crippen molar-refractivity contribution in [2.75, 3.05) is 13.2 Å². The number of hydrogen-bond donors (Lipinski definition) is 1. The maximum absolute atomic E-state index is 11.2. The lowest BCUT2D eigenvalue weighted by atomic mass is 9.78. The molecule has 1 N–H and O–H groups in total. The summed E-state index contributed by atoms with van der Waals surface area (Å²) in [6.07, 6.45) is 7.48. The molecule has 1 aromatic rings. The van der Waals surface area contributed by atoms with E-state index in [1.807, 2.05) is 0 Å². The number of rotatable bonds is 2. The van der Waals surface area contributed by atoms with Crippen molar-refractivity contribution in [1.82, 2.24) is 0 Å². The highest BCUT2D eigenvalue weighted by Gasteiger charge is 2.35. The van der Waals surface area contributed by atoms with Crippen LogP contribution in [0, 0.1) is 5.92 Å². The molecule has 0 radical (unpaired) electrons. The quantitative estimate of drug-likeness (QED) is 0.826. The average molecular weight is 260 g/mol. The van der Waals surface area contributed by atoms with Crippen molar-refractivity contribution in [1.29, 1.82) is 0 Å². The molecule has 1 aliphatic heterocycles. The number of aliphatic hydroxyl groups is 1. The van der Waals surface area contributed by atoms with Gasteiger partial charge in [-0.05, 0) is 62.0 Å². The zero-order chi connectivity index (χ0) is 13.1. The molecule has 1 heterocycles. The van der Waals surface area contributed by atoms with Crippen LogP contribution in [0.5, 0.6) is 0 Å². The molecule has 1 atom stereocenters. The van der Waals surface area contributed by atoms with Gasteiger partial charge < -0.3 is 9.84 Å². The minimum absolute atomic E-state index is 0.602. The number of benzene rings is 1. The molecule has 0 spiro atoms. The summed E-state index contributed by atoms with van der Waals surface area (Å²) in [6, 6.07) is 8.49. The first kappa shape index (κ1) is 13.1. The normalized spacial score (nSPS) is 28.7. The lowest BCUT2D eigenvalue weighted by Gasteiger charge is -2.34. The van der Waals surface area contributed by atoms with Crippen LogP contribution >= 0.6 is 0 Å². The Balaban J connectivity index is 1.84. The van der Waals surface area contributed by atoms with E-state index in [-0.39, 0.29) is 0 Å². The summed E-state index contributed by atoms with van der Waals surface area (Å²) < 4.78 is 5.43. The Morgan fingerprint density at radius 3 is 2.79 bits per heavy atom. The first-order valence-electron chi connectivity index (χ1n) is 7.66. The van der Waals surface area contributed by atoms with Crippen molar-refractivity contribution in [3.63, 3.8) is 0 Å². The molecular weight excluding hydrogens is 236 g/mol. The van der Waals surface area contributed by atoms with Crippen LogP contribution in [0.15, 0.2) is 24.3 Å². The second kappa shape index (κ2) is 5.64. The van der Waals surface area contributed by atoms with Crippen LogP contribution in [0.4, 0.5) is 0 Å². The smallest absolute Gasteiger partial charge is 0.0901 e. The predicted octanol–water partition coefficient (Wildman–Crippen LogP) is 3.42. The Bertz CT molecular complexity index is 423. The van der Waals surface area contributed by atoms with Gasteiger partial charge in [0.2, 0.25) is 0 Å². The van der Waals surface area contributed by atoms with Crippen LogP contribution in [0.1, 0.15) is 49.7 Å². The third kappa shape index (κ3) is 2.85. The monoisotopic (exact) mass is 260 g/mol. The highest BCUT2D eigenvalue weighted by atomic mass is 16.5. The van der Waals surface area contributed by atoms with E-state index >= 15 is 0 Å². The highest BCUT2D eigenvalue weighted by molar-refractivity contribution is 5.33. The maximum Gasteiger partial charge on any atom is 0.0901 e. The van der Waals surface area contributed by atoms with E-state index in [4.69, 9.17) is 4.74 Å². The minimum atomic E-state index is -0.602. The van der Waals surface area contributed by atoms with Crippen LogP contribution < -0.4 is 0 Å². The Morgan fingerprint density at radius 2 is 1.95 bits per heavy atom. The third-order valence-corrected chi connectivity index (χ3v) is 4.77. The maximum atomic E-state index is 11.2. The van der Waals surface area contributed by atoms with Gasteiger partial charge in [0.25, 0.3) is 0 Å². The standard InChI is InChI=1S/C17H24O2/c18-17(13-14-8-11-19-12-9-14)10-4-3-6-15-5-1-2-7-16(15)17/h1-2,5,7,14,18H,3-4,6,8-13H2. The van der Waals surface area contributed by atoms with Crippen LogP contribution in [0.3, 0.4) is 0 Å². The molecule has 2 nitrogen and oxygen atoms in total. The zero-order valence-corrected chi connectivity index (χ0v) is 11.6. The Kier molecular flexibility index (Phi) is 3.90. The molecule has 0 amide bonds. The molecule has 2 heteroatoms. The molecule has 0 saturated carbocycles. The van der Waals surface area contributed by atoms with Crippen LogP contribution in [-0.4, -0.2) is 18.3 Å². The second-order valence-electron chi connectivity index (χ2n) is 6.16. The van der Waals surface area contributed by atoms with Crippen LogP contribution in [-0.2, 0) is 16.8 Å². The summed E-state index contributed by atoms with van der Waals surface area (Å²) in [5.74, 6) is 0.616. The summed E-state index contributed by atoms with van der Waals surface area (Å²) in [4.78, 5) is 0. The molecule has 1 fully saturated rings. The topological polar surface area (TPSA) is 29.5 Å². The summed E-state index contributed by atoms with van der Waals surface area (Å²) in [6.45, 7) is 1.73. The van der Waals surface area contributed by atoms with Gasteiger partial charge in [-0.15, -0.1) is 0 Å².